The van der Waals surface area contributed by atoms with Crippen LogP contribution in [0.25, 0.3) is 6.08 Å². The SMILES string of the molecule is COC(=O)c1ccc(Cl)c(/C=C/C(C)=O)c1Cl. The number of esters is 1. The van der Waals surface area contributed by atoms with Gasteiger partial charge in [0.05, 0.1) is 17.7 Å². The van der Waals surface area contributed by atoms with Gasteiger partial charge in [0.1, 0.15) is 0 Å². The Balaban J connectivity index is 3.29. The lowest BCUT2D eigenvalue weighted by atomic mass is 10.1. The summed E-state index contributed by atoms with van der Waals surface area (Å²) in [6.45, 7) is 1.41. The van der Waals surface area contributed by atoms with Crippen molar-refractivity contribution in [3.05, 3.63) is 39.4 Å². The van der Waals surface area contributed by atoms with Gasteiger partial charge in [-0.1, -0.05) is 23.2 Å². The Morgan fingerprint density at radius 1 is 1.29 bits per heavy atom. The van der Waals surface area contributed by atoms with Crippen LogP contribution in [0, 0.1) is 0 Å². The van der Waals surface area contributed by atoms with Crippen LogP contribution in [0.1, 0.15) is 22.8 Å². The summed E-state index contributed by atoms with van der Waals surface area (Å²) in [5.74, 6) is -0.690. The summed E-state index contributed by atoms with van der Waals surface area (Å²) >= 11 is 12.0. The van der Waals surface area contributed by atoms with E-state index in [1.165, 1.54) is 38.3 Å². The molecule has 0 saturated heterocycles. The van der Waals surface area contributed by atoms with Crippen LogP contribution in [-0.2, 0) is 9.53 Å². The third-order valence-corrected chi connectivity index (χ3v) is 2.75. The van der Waals surface area contributed by atoms with E-state index in [4.69, 9.17) is 23.2 Å². The van der Waals surface area contributed by atoms with E-state index in [1.54, 1.807) is 0 Å². The molecule has 90 valence electrons. The van der Waals surface area contributed by atoms with E-state index < -0.39 is 5.97 Å². The number of halogens is 2. The second-order valence-electron chi connectivity index (χ2n) is 3.26. The van der Waals surface area contributed by atoms with Crippen LogP contribution in [0.3, 0.4) is 0 Å². The van der Waals surface area contributed by atoms with Gasteiger partial charge in [-0.15, -0.1) is 0 Å². The molecule has 0 aliphatic rings. The van der Waals surface area contributed by atoms with Crippen LogP contribution >= 0.6 is 23.2 Å². The Labute approximate surface area is 109 Å². The lowest BCUT2D eigenvalue weighted by Gasteiger charge is -2.06. The molecule has 0 unspecified atom stereocenters. The Bertz CT molecular complexity index is 493. The molecule has 1 aromatic rings. The third-order valence-electron chi connectivity index (χ3n) is 2.02. The number of carbonyl (C=O) groups is 2. The largest absolute Gasteiger partial charge is 0.465 e. The fourth-order valence-corrected chi connectivity index (χ4v) is 1.76. The summed E-state index contributed by atoms with van der Waals surface area (Å²) < 4.78 is 4.58. The van der Waals surface area contributed by atoms with E-state index in [0.717, 1.165) is 0 Å². The summed E-state index contributed by atoms with van der Waals surface area (Å²) in [4.78, 5) is 22.2. The molecule has 0 atom stereocenters. The fraction of sp³-hybridized carbons (Fsp3) is 0.167. The first-order valence-corrected chi connectivity index (χ1v) is 5.48. The molecule has 3 nitrogen and oxygen atoms in total. The maximum atomic E-state index is 11.4. The standard InChI is InChI=1S/C12H10Cl2O3/c1-7(15)3-4-8-10(13)6-5-9(11(8)14)12(16)17-2/h3-6H,1-2H3/b4-3+. The molecule has 0 spiro atoms. The maximum absolute atomic E-state index is 11.4. The average Bonchev–Trinajstić information content (AvgIpc) is 2.27. The second kappa shape index (κ2) is 5.84. The van der Waals surface area contributed by atoms with Crippen molar-refractivity contribution in [2.45, 2.75) is 6.92 Å². The molecule has 1 rings (SSSR count). The molecule has 0 bridgehead atoms. The molecule has 0 aliphatic heterocycles. The topological polar surface area (TPSA) is 43.4 Å². The van der Waals surface area contributed by atoms with Gasteiger partial charge < -0.3 is 4.74 Å². The highest BCUT2D eigenvalue weighted by Gasteiger charge is 2.15. The molecule has 0 radical (unpaired) electrons. The van der Waals surface area contributed by atoms with E-state index >= 15 is 0 Å². The van der Waals surface area contributed by atoms with Gasteiger partial charge in [-0.2, -0.15) is 0 Å². The average molecular weight is 273 g/mol. The molecule has 0 aliphatic carbocycles. The third kappa shape index (κ3) is 3.32. The summed E-state index contributed by atoms with van der Waals surface area (Å²) in [5.41, 5.74) is 0.633. The van der Waals surface area contributed by atoms with Crippen molar-refractivity contribution < 1.29 is 14.3 Å². The molecular weight excluding hydrogens is 263 g/mol. The van der Waals surface area contributed by atoms with Crippen molar-refractivity contribution in [3.63, 3.8) is 0 Å². The molecule has 0 aromatic heterocycles. The second-order valence-corrected chi connectivity index (χ2v) is 4.04. The molecule has 0 saturated carbocycles. The zero-order chi connectivity index (χ0) is 13.0. The molecule has 17 heavy (non-hydrogen) atoms. The van der Waals surface area contributed by atoms with E-state index in [-0.39, 0.29) is 16.4 Å². The minimum Gasteiger partial charge on any atom is -0.465 e. The number of carbonyl (C=O) groups excluding carboxylic acids is 2. The van der Waals surface area contributed by atoms with Gasteiger partial charge in [0.15, 0.2) is 5.78 Å². The summed E-state index contributed by atoms with van der Waals surface area (Å²) in [7, 11) is 1.26. The predicted molar refractivity (Wildman–Crippen MR) is 67.5 cm³/mol. The predicted octanol–water partition coefficient (Wildman–Crippen LogP) is 3.38. The van der Waals surface area contributed by atoms with Crippen molar-refractivity contribution in [2.75, 3.05) is 7.11 Å². The van der Waals surface area contributed by atoms with Crippen molar-refractivity contribution in [1.29, 1.82) is 0 Å². The fourth-order valence-electron chi connectivity index (χ4n) is 1.19. The molecule has 0 amide bonds. The number of hydrogen-bond donors (Lipinski definition) is 0. The van der Waals surface area contributed by atoms with Crippen LogP contribution in [0.2, 0.25) is 10.0 Å². The molecule has 0 heterocycles. The molecule has 0 fully saturated rings. The van der Waals surface area contributed by atoms with Gasteiger partial charge in [-0.25, -0.2) is 4.79 Å². The van der Waals surface area contributed by atoms with Crippen LogP contribution in [0.4, 0.5) is 0 Å². The van der Waals surface area contributed by atoms with E-state index in [0.29, 0.717) is 10.6 Å². The van der Waals surface area contributed by atoms with Gasteiger partial charge in [0, 0.05) is 10.6 Å². The number of ether oxygens (including phenoxy) is 1. The molecule has 5 heteroatoms. The molecule has 1 aromatic carbocycles. The zero-order valence-corrected chi connectivity index (χ0v) is 10.8. The van der Waals surface area contributed by atoms with Gasteiger partial charge in [0.2, 0.25) is 0 Å². The number of methoxy groups -OCH3 is 1. The molecular formula is C12H10Cl2O3. The number of allylic oxidation sites excluding steroid dienone is 1. The van der Waals surface area contributed by atoms with Crippen LogP contribution < -0.4 is 0 Å². The highest BCUT2D eigenvalue weighted by Crippen LogP contribution is 2.29. The monoisotopic (exact) mass is 272 g/mol. The highest BCUT2D eigenvalue weighted by molar-refractivity contribution is 6.39. The number of hydrogen-bond acceptors (Lipinski definition) is 3. The van der Waals surface area contributed by atoms with Crippen LogP contribution in [0.5, 0.6) is 0 Å². The number of ketones is 1. The quantitative estimate of drug-likeness (QED) is 0.626. The minimum absolute atomic E-state index is 0.138. The Hall–Kier alpha value is -1.32. The van der Waals surface area contributed by atoms with E-state index in [1.807, 2.05) is 0 Å². The Morgan fingerprint density at radius 3 is 2.47 bits per heavy atom. The first kappa shape index (κ1) is 13.7. The lowest BCUT2D eigenvalue weighted by molar-refractivity contribution is -0.112. The van der Waals surface area contributed by atoms with E-state index in [2.05, 4.69) is 4.74 Å². The summed E-state index contributed by atoms with van der Waals surface area (Å²) in [5, 5.41) is 0.530. The maximum Gasteiger partial charge on any atom is 0.339 e. The highest BCUT2D eigenvalue weighted by atomic mass is 35.5. The first-order chi connectivity index (χ1) is 7.97. The summed E-state index contributed by atoms with van der Waals surface area (Å²) in [6, 6.07) is 3.00. The number of rotatable bonds is 3. The van der Waals surface area contributed by atoms with E-state index in [9.17, 15) is 9.59 Å². The van der Waals surface area contributed by atoms with Crippen molar-refractivity contribution in [2.24, 2.45) is 0 Å². The van der Waals surface area contributed by atoms with Gasteiger partial charge in [-0.05, 0) is 31.2 Å². The smallest absolute Gasteiger partial charge is 0.339 e. The first-order valence-electron chi connectivity index (χ1n) is 4.72. The van der Waals surface area contributed by atoms with Crippen LogP contribution in [0.15, 0.2) is 18.2 Å². The van der Waals surface area contributed by atoms with Crippen molar-refractivity contribution >= 4 is 41.0 Å². The lowest BCUT2D eigenvalue weighted by Crippen LogP contribution is -2.03. The van der Waals surface area contributed by atoms with Gasteiger partial charge in [-0.3, -0.25) is 4.79 Å². The normalized spacial score (nSPS) is 10.6. The Kier molecular flexibility index (Phi) is 4.73. The molecule has 0 N–H and O–H groups in total. The zero-order valence-electron chi connectivity index (χ0n) is 9.29. The Morgan fingerprint density at radius 2 is 1.94 bits per heavy atom. The van der Waals surface area contributed by atoms with Crippen molar-refractivity contribution in [1.82, 2.24) is 0 Å². The van der Waals surface area contributed by atoms with Gasteiger partial charge in [0.25, 0.3) is 0 Å². The van der Waals surface area contributed by atoms with Gasteiger partial charge >= 0.3 is 5.97 Å². The number of benzene rings is 1. The van der Waals surface area contributed by atoms with Crippen molar-refractivity contribution in [3.8, 4) is 0 Å². The summed E-state index contributed by atoms with van der Waals surface area (Å²) in [6.07, 6.45) is 2.80. The van der Waals surface area contributed by atoms with Crippen LogP contribution in [-0.4, -0.2) is 18.9 Å². The minimum atomic E-state index is -0.552.